The van der Waals surface area contributed by atoms with Gasteiger partial charge in [-0.25, -0.2) is 4.79 Å². The van der Waals surface area contributed by atoms with Crippen molar-refractivity contribution in [3.8, 4) is 0 Å². The van der Waals surface area contributed by atoms with E-state index >= 15 is 0 Å². The molecule has 0 aromatic carbocycles. The summed E-state index contributed by atoms with van der Waals surface area (Å²) in [6.07, 6.45) is 1.03. The van der Waals surface area contributed by atoms with Crippen LogP contribution in [0.15, 0.2) is 0 Å². The maximum atomic E-state index is 11.3. The van der Waals surface area contributed by atoms with Crippen LogP contribution < -0.4 is 10.6 Å². The number of carbonyl (C=O) groups excluding carboxylic acids is 1. The molecule has 0 aliphatic rings. The molecule has 0 saturated carbocycles. The lowest BCUT2D eigenvalue weighted by Gasteiger charge is -2.19. The molecule has 0 aromatic rings. The van der Waals surface area contributed by atoms with Gasteiger partial charge in [0.1, 0.15) is 6.04 Å². The smallest absolute Gasteiger partial charge is 0.326 e. The van der Waals surface area contributed by atoms with Gasteiger partial charge in [0.05, 0.1) is 0 Å². The van der Waals surface area contributed by atoms with Crippen molar-refractivity contribution in [1.29, 1.82) is 0 Å². The van der Waals surface area contributed by atoms with E-state index < -0.39 is 12.0 Å². The van der Waals surface area contributed by atoms with Gasteiger partial charge in [-0.05, 0) is 13.0 Å². The van der Waals surface area contributed by atoms with Gasteiger partial charge in [-0.15, -0.1) is 0 Å². The molecule has 15 heavy (non-hydrogen) atoms. The maximum absolute atomic E-state index is 11.3. The summed E-state index contributed by atoms with van der Waals surface area (Å²) in [7, 11) is 1.75. The van der Waals surface area contributed by atoms with Gasteiger partial charge in [0.15, 0.2) is 0 Å². The summed E-state index contributed by atoms with van der Waals surface area (Å²) in [4.78, 5) is 22.2. The Hall–Kier alpha value is -1.10. The fourth-order valence-electron chi connectivity index (χ4n) is 1.17. The van der Waals surface area contributed by atoms with Crippen molar-refractivity contribution in [3.63, 3.8) is 0 Å². The topological polar surface area (TPSA) is 78.4 Å². The van der Waals surface area contributed by atoms with Crippen molar-refractivity contribution in [2.24, 2.45) is 5.92 Å². The highest BCUT2D eigenvalue weighted by molar-refractivity contribution is 5.83. The van der Waals surface area contributed by atoms with Crippen LogP contribution in [0.3, 0.4) is 0 Å². The molecule has 0 bridgehead atoms. The van der Waals surface area contributed by atoms with Crippen LogP contribution in [0, 0.1) is 5.92 Å². The molecule has 0 aliphatic heterocycles. The Kier molecular flexibility index (Phi) is 6.70. The molecular weight excluding hydrogens is 196 g/mol. The summed E-state index contributed by atoms with van der Waals surface area (Å²) in [5.41, 5.74) is 0. The minimum atomic E-state index is -0.970. The first-order valence-electron chi connectivity index (χ1n) is 5.19. The van der Waals surface area contributed by atoms with Crippen molar-refractivity contribution in [2.75, 3.05) is 13.6 Å². The Bertz CT molecular complexity index is 219. The predicted molar refractivity (Wildman–Crippen MR) is 57.6 cm³/mol. The number of aliphatic carboxylic acids is 1. The molecule has 0 radical (unpaired) electrons. The SMILES string of the molecule is CCC(C)[C@H](NC(=O)CCNC)C(=O)O. The van der Waals surface area contributed by atoms with E-state index in [2.05, 4.69) is 10.6 Å². The lowest BCUT2D eigenvalue weighted by atomic mass is 9.99. The van der Waals surface area contributed by atoms with Crippen LogP contribution >= 0.6 is 0 Å². The van der Waals surface area contributed by atoms with Gasteiger partial charge >= 0.3 is 5.97 Å². The molecule has 5 nitrogen and oxygen atoms in total. The Morgan fingerprint density at radius 3 is 2.40 bits per heavy atom. The standard InChI is InChI=1S/C10H20N2O3/c1-4-7(2)9(10(14)15)12-8(13)5-6-11-3/h7,9,11H,4-6H2,1-3H3,(H,12,13)(H,14,15)/t7?,9-/m0/s1. The number of nitrogens with one attached hydrogen (secondary N) is 2. The van der Waals surface area contributed by atoms with E-state index in [0.717, 1.165) is 6.42 Å². The van der Waals surface area contributed by atoms with Gasteiger partial charge in [-0.2, -0.15) is 0 Å². The highest BCUT2D eigenvalue weighted by Crippen LogP contribution is 2.07. The molecule has 0 aromatic heterocycles. The molecule has 0 rings (SSSR count). The molecule has 3 N–H and O–H groups in total. The summed E-state index contributed by atoms with van der Waals surface area (Å²) in [5.74, 6) is -1.25. The third kappa shape index (κ3) is 5.37. The third-order valence-corrected chi connectivity index (χ3v) is 2.40. The number of rotatable bonds is 7. The second kappa shape index (κ2) is 7.23. The lowest BCUT2D eigenvalue weighted by molar-refractivity contribution is -0.143. The molecule has 0 fully saturated rings. The quantitative estimate of drug-likeness (QED) is 0.568. The maximum Gasteiger partial charge on any atom is 0.326 e. The largest absolute Gasteiger partial charge is 0.480 e. The number of amides is 1. The van der Waals surface area contributed by atoms with Gasteiger partial charge in [-0.3, -0.25) is 4.79 Å². The molecule has 88 valence electrons. The van der Waals surface area contributed by atoms with E-state index in [4.69, 9.17) is 5.11 Å². The molecule has 5 heteroatoms. The summed E-state index contributed by atoms with van der Waals surface area (Å²) < 4.78 is 0. The van der Waals surface area contributed by atoms with E-state index in [1.165, 1.54) is 0 Å². The van der Waals surface area contributed by atoms with Crippen LogP contribution in [0.25, 0.3) is 0 Å². The fourth-order valence-corrected chi connectivity index (χ4v) is 1.17. The minimum Gasteiger partial charge on any atom is -0.480 e. The molecule has 1 unspecified atom stereocenters. The average molecular weight is 216 g/mol. The highest BCUT2D eigenvalue weighted by atomic mass is 16.4. The van der Waals surface area contributed by atoms with Gasteiger partial charge in [0.25, 0.3) is 0 Å². The zero-order chi connectivity index (χ0) is 11.8. The van der Waals surface area contributed by atoms with Crippen LogP contribution in [0.1, 0.15) is 26.7 Å². The number of carbonyl (C=O) groups is 2. The average Bonchev–Trinajstić information content (AvgIpc) is 2.21. The van der Waals surface area contributed by atoms with Crippen LogP contribution in [0.5, 0.6) is 0 Å². The number of hydrogen-bond donors (Lipinski definition) is 3. The van der Waals surface area contributed by atoms with E-state index in [0.29, 0.717) is 13.0 Å². The van der Waals surface area contributed by atoms with Gasteiger partial charge in [0.2, 0.25) is 5.91 Å². The van der Waals surface area contributed by atoms with E-state index in [1.807, 2.05) is 13.8 Å². The molecule has 0 heterocycles. The summed E-state index contributed by atoms with van der Waals surface area (Å²) in [6.45, 7) is 4.27. The Morgan fingerprint density at radius 2 is 2.00 bits per heavy atom. The van der Waals surface area contributed by atoms with E-state index in [9.17, 15) is 9.59 Å². The first-order chi connectivity index (χ1) is 7.02. The molecule has 1 amide bonds. The highest BCUT2D eigenvalue weighted by Gasteiger charge is 2.24. The summed E-state index contributed by atoms with van der Waals surface area (Å²) in [5, 5.41) is 14.3. The van der Waals surface area contributed by atoms with Crippen LogP contribution in [0.2, 0.25) is 0 Å². The van der Waals surface area contributed by atoms with E-state index in [-0.39, 0.29) is 11.8 Å². The van der Waals surface area contributed by atoms with Crippen LogP contribution in [-0.2, 0) is 9.59 Å². The zero-order valence-corrected chi connectivity index (χ0v) is 9.54. The first-order valence-corrected chi connectivity index (χ1v) is 5.19. The van der Waals surface area contributed by atoms with Gasteiger partial charge in [-0.1, -0.05) is 20.3 Å². The van der Waals surface area contributed by atoms with Crippen molar-refractivity contribution in [3.05, 3.63) is 0 Å². The first kappa shape index (κ1) is 13.9. The molecule has 0 saturated heterocycles. The second-order valence-corrected chi connectivity index (χ2v) is 3.62. The third-order valence-electron chi connectivity index (χ3n) is 2.40. The summed E-state index contributed by atoms with van der Waals surface area (Å²) >= 11 is 0. The number of carboxylic acids is 1. The van der Waals surface area contributed by atoms with Crippen molar-refractivity contribution in [2.45, 2.75) is 32.7 Å². The molecule has 0 spiro atoms. The monoisotopic (exact) mass is 216 g/mol. The minimum absolute atomic E-state index is 0.0546. The fraction of sp³-hybridized carbons (Fsp3) is 0.800. The van der Waals surface area contributed by atoms with Crippen molar-refractivity contribution >= 4 is 11.9 Å². The molecular formula is C10H20N2O3. The second-order valence-electron chi connectivity index (χ2n) is 3.62. The van der Waals surface area contributed by atoms with E-state index in [1.54, 1.807) is 7.05 Å². The van der Waals surface area contributed by atoms with Gasteiger partial charge < -0.3 is 15.7 Å². The summed E-state index contributed by atoms with van der Waals surface area (Å²) in [6, 6.07) is -0.778. The van der Waals surface area contributed by atoms with Crippen LogP contribution in [-0.4, -0.2) is 36.6 Å². The molecule has 2 atom stereocenters. The van der Waals surface area contributed by atoms with Crippen molar-refractivity contribution in [1.82, 2.24) is 10.6 Å². The Balaban J connectivity index is 4.16. The predicted octanol–water partition coefficient (Wildman–Crippen LogP) is 0.211. The normalized spacial score (nSPS) is 14.3. The van der Waals surface area contributed by atoms with Gasteiger partial charge in [0, 0.05) is 13.0 Å². The zero-order valence-electron chi connectivity index (χ0n) is 9.54. The lowest BCUT2D eigenvalue weighted by Crippen LogP contribution is -2.45. The Morgan fingerprint density at radius 1 is 1.40 bits per heavy atom. The molecule has 0 aliphatic carbocycles. The van der Waals surface area contributed by atoms with Crippen LogP contribution in [0.4, 0.5) is 0 Å². The van der Waals surface area contributed by atoms with Crippen molar-refractivity contribution < 1.29 is 14.7 Å². The number of hydrogen-bond acceptors (Lipinski definition) is 3. The Labute approximate surface area is 90.2 Å². The number of carboxylic acid groups (broad SMARTS) is 1.